The molecule has 1 atom stereocenters. The van der Waals surface area contributed by atoms with E-state index in [9.17, 15) is 9.59 Å². The van der Waals surface area contributed by atoms with Crippen LogP contribution in [0.2, 0.25) is 5.02 Å². The zero-order valence-electron chi connectivity index (χ0n) is 16.6. The van der Waals surface area contributed by atoms with Crippen LogP contribution in [0.3, 0.4) is 0 Å². The van der Waals surface area contributed by atoms with E-state index in [4.69, 9.17) is 25.8 Å². The molecule has 28 heavy (non-hydrogen) atoms. The van der Waals surface area contributed by atoms with Crippen molar-refractivity contribution in [2.75, 3.05) is 26.9 Å². The second-order valence-corrected chi connectivity index (χ2v) is 6.68. The number of hydrogen-bond donors (Lipinski definition) is 1. The van der Waals surface area contributed by atoms with E-state index in [0.29, 0.717) is 39.7 Å². The van der Waals surface area contributed by atoms with Gasteiger partial charge in [-0.2, -0.15) is 0 Å². The lowest BCUT2D eigenvalue weighted by Gasteiger charge is -2.31. The fourth-order valence-corrected chi connectivity index (χ4v) is 3.42. The molecule has 6 nitrogen and oxygen atoms in total. The Bertz CT molecular complexity index is 800. The summed E-state index contributed by atoms with van der Waals surface area (Å²) in [6.07, 6.45) is 0.845. The normalized spacial score (nSPS) is 16.7. The van der Waals surface area contributed by atoms with E-state index in [2.05, 4.69) is 5.32 Å². The number of methoxy groups -OCH3 is 1. The van der Waals surface area contributed by atoms with Gasteiger partial charge >= 0.3 is 11.9 Å². The van der Waals surface area contributed by atoms with Crippen LogP contribution < -0.4 is 5.32 Å². The first kappa shape index (κ1) is 22.0. The van der Waals surface area contributed by atoms with E-state index in [1.54, 1.807) is 32.0 Å². The van der Waals surface area contributed by atoms with Gasteiger partial charge in [-0.1, -0.05) is 36.7 Å². The molecule has 1 aromatic rings. The van der Waals surface area contributed by atoms with Crippen LogP contribution >= 0.6 is 11.6 Å². The van der Waals surface area contributed by atoms with E-state index >= 15 is 0 Å². The van der Waals surface area contributed by atoms with Gasteiger partial charge in [0.25, 0.3) is 0 Å². The Hall–Kier alpha value is -2.31. The fourth-order valence-electron chi connectivity index (χ4n) is 3.18. The highest BCUT2D eigenvalue weighted by atomic mass is 35.5. The highest BCUT2D eigenvalue weighted by Gasteiger charge is 2.39. The minimum atomic E-state index is -0.721. The predicted octanol–water partition coefficient (Wildman–Crippen LogP) is 3.72. The predicted molar refractivity (Wildman–Crippen MR) is 107 cm³/mol. The zero-order chi connectivity index (χ0) is 20.7. The summed E-state index contributed by atoms with van der Waals surface area (Å²) in [5.74, 6) is -1.78. The molecule has 1 N–H and O–H groups in total. The number of carbonyl (C=O) groups is 2. The molecule has 7 heteroatoms. The Kier molecular flexibility index (Phi) is 8.08. The highest BCUT2D eigenvalue weighted by molar-refractivity contribution is 6.31. The SMILES string of the molecule is CCCOCC1=C(C(=O)OCC)[C@H](c2ccccc2Cl)C(C(=O)OC)=C(C)N1. The molecule has 0 fully saturated rings. The van der Waals surface area contributed by atoms with Crippen molar-refractivity contribution in [3.05, 3.63) is 57.4 Å². The molecule has 0 unspecified atom stereocenters. The van der Waals surface area contributed by atoms with Crippen molar-refractivity contribution in [1.29, 1.82) is 0 Å². The van der Waals surface area contributed by atoms with Gasteiger partial charge in [0, 0.05) is 17.3 Å². The Labute approximate surface area is 170 Å². The lowest BCUT2D eigenvalue weighted by Crippen LogP contribution is -2.34. The summed E-state index contributed by atoms with van der Waals surface area (Å²) in [7, 11) is 1.31. The number of esters is 2. The first-order chi connectivity index (χ1) is 13.5. The summed E-state index contributed by atoms with van der Waals surface area (Å²) in [4.78, 5) is 25.5. The molecule has 0 amide bonds. The highest BCUT2D eigenvalue weighted by Crippen LogP contribution is 2.41. The molecule has 1 aliphatic heterocycles. The van der Waals surface area contributed by atoms with Crippen molar-refractivity contribution >= 4 is 23.5 Å². The minimum absolute atomic E-state index is 0.189. The summed E-state index contributed by atoms with van der Waals surface area (Å²) < 4.78 is 15.9. The van der Waals surface area contributed by atoms with Crippen molar-refractivity contribution in [3.63, 3.8) is 0 Å². The zero-order valence-corrected chi connectivity index (χ0v) is 17.4. The molecule has 0 bridgehead atoms. The van der Waals surface area contributed by atoms with E-state index in [-0.39, 0.29) is 13.2 Å². The van der Waals surface area contributed by atoms with Crippen molar-refractivity contribution in [1.82, 2.24) is 5.32 Å². The van der Waals surface area contributed by atoms with Crippen molar-refractivity contribution in [2.45, 2.75) is 33.1 Å². The maximum Gasteiger partial charge on any atom is 0.336 e. The van der Waals surface area contributed by atoms with Gasteiger partial charge in [0.15, 0.2) is 0 Å². The molecule has 2 rings (SSSR count). The maximum absolute atomic E-state index is 12.9. The maximum atomic E-state index is 12.9. The molecule has 152 valence electrons. The second kappa shape index (κ2) is 10.3. The van der Waals surface area contributed by atoms with E-state index < -0.39 is 17.9 Å². The first-order valence-electron chi connectivity index (χ1n) is 9.24. The molecule has 0 aliphatic carbocycles. The number of halogens is 1. The van der Waals surface area contributed by atoms with Crippen LogP contribution in [0.4, 0.5) is 0 Å². The molecule has 1 aliphatic rings. The average molecular weight is 408 g/mol. The third-order valence-electron chi connectivity index (χ3n) is 4.36. The van der Waals surface area contributed by atoms with Crippen molar-refractivity contribution in [3.8, 4) is 0 Å². The third kappa shape index (κ3) is 4.75. The molecule has 0 saturated carbocycles. The standard InChI is InChI=1S/C21H26ClNO5/c1-5-11-27-12-16-19(21(25)28-6-2)18(14-9-7-8-10-15(14)22)17(13(3)23-16)20(24)26-4/h7-10,18,23H,5-6,11-12H2,1-4H3/t18-/m1/s1. The second-order valence-electron chi connectivity index (χ2n) is 6.28. The number of rotatable bonds is 8. The summed E-state index contributed by atoms with van der Waals surface area (Å²) in [5.41, 5.74) is 2.39. The quantitative estimate of drug-likeness (QED) is 0.523. The van der Waals surface area contributed by atoms with Crippen LogP contribution in [0.25, 0.3) is 0 Å². The molecule has 1 heterocycles. The van der Waals surface area contributed by atoms with Crippen LogP contribution in [-0.2, 0) is 23.8 Å². The van der Waals surface area contributed by atoms with Gasteiger partial charge < -0.3 is 19.5 Å². The van der Waals surface area contributed by atoms with E-state index in [1.807, 2.05) is 13.0 Å². The molecule has 1 aromatic carbocycles. The van der Waals surface area contributed by atoms with Crippen LogP contribution in [0.1, 0.15) is 38.7 Å². The van der Waals surface area contributed by atoms with Gasteiger partial charge in [0.05, 0.1) is 43.1 Å². The number of ether oxygens (including phenoxy) is 3. The topological polar surface area (TPSA) is 73.9 Å². The molecule has 0 radical (unpaired) electrons. The lowest BCUT2D eigenvalue weighted by molar-refractivity contribution is -0.139. The number of carbonyl (C=O) groups excluding carboxylic acids is 2. The molecular formula is C21H26ClNO5. The Balaban J connectivity index is 2.67. The number of dihydropyridines is 1. The fraction of sp³-hybridized carbons (Fsp3) is 0.429. The van der Waals surface area contributed by atoms with E-state index in [1.165, 1.54) is 7.11 Å². The molecule has 0 saturated heterocycles. The van der Waals surface area contributed by atoms with Crippen molar-refractivity contribution < 1.29 is 23.8 Å². The monoisotopic (exact) mass is 407 g/mol. The van der Waals surface area contributed by atoms with Gasteiger partial charge in [0.1, 0.15) is 0 Å². The minimum Gasteiger partial charge on any atom is -0.466 e. The van der Waals surface area contributed by atoms with Crippen molar-refractivity contribution in [2.24, 2.45) is 0 Å². The van der Waals surface area contributed by atoms with Gasteiger partial charge in [-0.05, 0) is 31.9 Å². The van der Waals surface area contributed by atoms with Crippen LogP contribution in [0.15, 0.2) is 46.8 Å². The number of nitrogens with one attached hydrogen (secondary N) is 1. The smallest absolute Gasteiger partial charge is 0.336 e. The van der Waals surface area contributed by atoms with Crippen LogP contribution in [0.5, 0.6) is 0 Å². The van der Waals surface area contributed by atoms with E-state index in [0.717, 1.165) is 6.42 Å². The van der Waals surface area contributed by atoms with Crippen LogP contribution in [0, 0.1) is 0 Å². The molecule has 0 spiro atoms. The van der Waals surface area contributed by atoms with Crippen LogP contribution in [-0.4, -0.2) is 38.9 Å². The molecule has 0 aromatic heterocycles. The molecular weight excluding hydrogens is 382 g/mol. The number of benzene rings is 1. The van der Waals surface area contributed by atoms with Gasteiger partial charge in [-0.3, -0.25) is 0 Å². The summed E-state index contributed by atoms with van der Waals surface area (Å²) in [5, 5.41) is 3.58. The summed E-state index contributed by atoms with van der Waals surface area (Å²) >= 11 is 6.44. The Morgan fingerprint density at radius 2 is 1.86 bits per heavy atom. The average Bonchev–Trinajstić information content (AvgIpc) is 2.67. The number of hydrogen-bond acceptors (Lipinski definition) is 6. The summed E-state index contributed by atoms with van der Waals surface area (Å²) in [6, 6.07) is 7.11. The lowest BCUT2D eigenvalue weighted by atomic mass is 9.80. The largest absolute Gasteiger partial charge is 0.466 e. The first-order valence-corrected chi connectivity index (χ1v) is 9.62. The van der Waals surface area contributed by atoms with Gasteiger partial charge in [-0.25, -0.2) is 9.59 Å². The van der Waals surface area contributed by atoms with Gasteiger partial charge in [0.2, 0.25) is 0 Å². The number of allylic oxidation sites excluding steroid dienone is 1. The Morgan fingerprint density at radius 3 is 2.46 bits per heavy atom. The Morgan fingerprint density at radius 1 is 1.14 bits per heavy atom. The van der Waals surface area contributed by atoms with Gasteiger partial charge in [-0.15, -0.1) is 0 Å². The third-order valence-corrected chi connectivity index (χ3v) is 4.70. The summed E-state index contributed by atoms with van der Waals surface area (Å²) in [6.45, 7) is 6.44.